The SMILES string of the molecule is CC1(c2cccc(N(c3ccccc3)c3ccc4c(c3)c3ccccc3n4-c3ccccc3)c2)c2ccccc2-c2ccccc21. The lowest BCUT2D eigenvalue weighted by molar-refractivity contribution is 0.714. The minimum absolute atomic E-state index is 0.265. The molecule has 1 aromatic heterocycles. The van der Waals surface area contributed by atoms with Crippen molar-refractivity contribution in [3.63, 3.8) is 0 Å². The van der Waals surface area contributed by atoms with Gasteiger partial charge in [-0.25, -0.2) is 0 Å². The fourth-order valence-corrected chi connectivity index (χ4v) is 7.70. The highest BCUT2D eigenvalue weighted by Gasteiger charge is 2.40. The van der Waals surface area contributed by atoms with Crippen molar-refractivity contribution in [3.8, 4) is 16.8 Å². The number of fused-ring (bicyclic) bond motifs is 6. The molecule has 8 aromatic rings. The summed E-state index contributed by atoms with van der Waals surface area (Å²) in [7, 11) is 0. The fourth-order valence-electron chi connectivity index (χ4n) is 7.70. The van der Waals surface area contributed by atoms with E-state index >= 15 is 0 Å². The highest BCUT2D eigenvalue weighted by molar-refractivity contribution is 6.10. The molecule has 0 fully saturated rings. The van der Waals surface area contributed by atoms with Crippen molar-refractivity contribution < 1.29 is 0 Å². The lowest BCUT2D eigenvalue weighted by Crippen LogP contribution is -2.23. The fraction of sp³-hybridized carbons (Fsp3) is 0.0455. The van der Waals surface area contributed by atoms with Gasteiger partial charge in [-0.1, -0.05) is 115 Å². The van der Waals surface area contributed by atoms with E-state index in [2.05, 4.69) is 192 Å². The Morgan fingerprint density at radius 2 is 1.00 bits per heavy atom. The van der Waals surface area contributed by atoms with Gasteiger partial charge in [0.1, 0.15) is 0 Å². The molecule has 1 aliphatic rings. The normalized spacial score (nSPS) is 13.1. The third-order valence-electron chi connectivity index (χ3n) is 9.85. The molecule has 7 aromatic carbocycles. The summed E-state index contributed by atoms with van der Waals surface area (Å²) in [6.45, 7) is 2.38. The zero-order chi connectivity index (χ0) is 30.7. The molecule has 2 nitrogen and oxygen atoms in total. The molecule has 0 spiro atoms. The van der Waals surface area contributed by atoms with Crippen molar-refractivity contribution >= 4 is 38.9 Å². The average Bonchev–Trinajstić information content (AvgIpc) is 3.60. The zero-order valence-corrected chi connectivity index (χ0v) is 25.6. The second kappa shape index (κ2) is 10.4. The van der Waals surface area contributed by atoms with Crippen LogP contribution in [0.1, 0.15) is 23.6 Å². The highest BCUT2D eigenvalue weighted by Crippen LogP contribution is 2.53. The topological polar surface area (TPSA) is 8.17 Å². The summed E-state index contributed by atoms with van der Waals surface area (Å²) in [6, 6.07) is 63.9. The molecule has 0 unspecified atom stereocenters. The summed E-state index contributed by atoms with van der Waals surface area (Å²) in [6.07, 6.45) is 0. The van der Waals surface area contributed by atoms with Crippen LogP contribution < -0.4 is 4.90 Å². The van der Waals surface area contributed by atoms with Gasteiger partial charge in [0.2, 0.25) is 0 Å². The van der Waals surface area contributed by atoms with Gasteiger partial charge in [0.05, 0.1) is 11.0 Å². The number of aromatic nitrogens is 1. The van der Waals surface area contributed by atoms with Crippen LogP contribution in [0.15, 0.2) is 176 Å². The summed E-state index contributed by atoms with van der Waals surface area (Å²) >= 11 is 0. The number of benzene rings is 7. The van der Waals surface area contributed by atoms with Gasteiger partial charge in [-0.3, -0.25) is 0 Å². The maximum absolute atomic E-state index is 2.40. The van der Waals surface area contributed by atoms with Gasteiger partial charge >= 0.3 is 0 Å². The van der Waals surface area contributed by atoms with Crippen LogP contribution in [-0.2, 0) is 5.41 Å². The van der Waals surface area contributed by atoms with Gasteiger partial charge in [-0.2, -0.15) is 0 Å². The smallest absolute Gasteiger partial charge is 0.0542 e. The van der Waals surface area contributed by atoms with E-state index < -0.39 is 0 Å². The van der Waals surface area contributed by atoms with Crippen LogP contribution in [-0.4, -0.2) is 4.57 Å². The van der Waals surface area contributed by atoms with E-state index in [1.807, 2.05) is 0 Å². The molecule has 1 aliphatic carbocycles. The van der Waals surface area contributed by atoms with Crippen LogP contribution in [0.3, 0.4) is 0 Å². The monoisotopic (exact) mass is 588 g/mol. The molecule has 0 bridgehead atoms. The summed E-state index contributed by atoms with van der Waals surface area (Å²) < 4.78 is 2.37. The van der Waals surface area contributed by atoms with Crippen molar-refractivity contribution in [2.24, 2.45) is 0 Å². The van der Waals surface area contributed by atoms with Crippen LogP contribution >= 0.6 is 0 Å². The summed E-state index contributed by atoms with van der Waals surface area (Å²) in [5.74, 6) is 0. The minimum Gasteiger partial charge on any atom is -0.310 e. The highest BCUT2D eigenvalue weighted by atomic mass is 15.1. The van der Waals surface area contributed by atoms with Gasteiger partial charge in [-0.15, -0.1) is 0 Å². The molecule has 0 N–H and O–H groups in total. The Balaban J connectivity index is 1.25. The van der Waals surface area contributed by atoms with Crippen LogP contribution in [0.4, 0.5) is 17.1 Å². The number of anilines is 3. The predicted octanol–water partition coefficient (Wildman–Crippen LogP) is 11.6. The van der Waals surface area contributed by atoms with E-state index in [1.54, 1.807) is 0 Å². The maximum Gasteiger partial charge on any atom is 0.0542 e. The summed E-state index contributed by atoms with van der Waals surface area (Å²) in [5.41, 5.74) is 13.3. The van der Waals surface area contributed by atoms with E-state index in [0.29, 0.717) is 0 Å². The third-order valence-corrected chi connectivity index (χ3v) is 9.85. The van der Waals surface area contributed by atoms with Crippen molar-refractivity contribution in [3.05, 3.63) is 193 Å². The first-order valence-electron chi connectivity index (χ1n) is 16.0. The van der Waals surface area contributed by atoms with Gasteiger partial charge in [-0.05, 0) is 95.4 Å². The van der Waals surface area contributed by atoms with E-state index in [9.17, 15) is 0 Å². The molecule has 0 amide bonds. The van der Waals surface area contributed by atoms with E-state index in [0.717, 1.165) is 17.1 Å². The molecule has 1 heterocycles. The number of hydrogen-bond acceptors (Lipinski definition) is 1. The molecule has 2 heteroatoms. The first kappa shape index (κ1) is 26.5. The molecular formula is C44H32N2. The Hall–Kier alpha value is -5.86. The van der Waals surface area contributed by atoms with E-state index in [1.165, 1.54) is 55.3 Å². The average molecular weight is 589 g/mol. The predicted molar refractivity (Wildman–Crippen MR) is 193 cm³/mol. The first-order valence-corrected chi connectivity index (χ1v) is 16.0. The molecule has 218 valence electrons. The molecule has 0 saturated carbocycles. The number of rotatable bonds is 5. The lowest BCUT2D eigenvalue weighted by atomic mass is 9.74. The van der Waals surface area contributed by atoms with Crippen molar-refractivity contribution in [2.45, 2.75) is 12.3 Å². The second-order valence-corrected chi connectivity index (χ2v) is 12.3. The Labute approximate surface area is 269 Å². The standard InChI is InChI=1S/C44H32N2/c1-44(40-24-11-8-21-36(40)37-22-9-12-25-41(37)44)31-15-14-20-34(29-31)45(32-16-4-2-5-17-32)35-27-28-43-39(30-35)38-23-10-13-26-42(38)46(43)33-18-6-3-7-19-33/h2-30H,1H3. The van der Waals surface area contributed by atoms with Gasteiger partial charge in [0, 0.05) is 38.9 Å². The molecule has 0 aliphatic heterocycles. The Bertz CT molecular complexity index is 2340. The van der Waals surface area contributed by atoms with Crippen LogP contribution in [0, 0.1) is 0 Å². The van der Waals surface area contributed by atoms with Crippen molar-refractivity contribution in [1.82, 2.24) is 4.57 Å². The largest absolute Gasteiger partial charge is 0.310 e. The number of hydrogen-bond donors (Lipinski definition) is 0. The lowest BCUT2D eigenvalue weighted by Gasteiger charge is -2.31. The Morgan fingerprint density at radius 1 is 0.435 bits per heavy atom. The molecule has 0 atom stereocenters. The maximum atomic E-state index is 2.40. The van der Waals surface area contributed by atoms with E-state index in [-0.39, 0.29) is 5.41 Å². The van der Waals surface area contributed by atoms with Gasteiger partial charge < -0.3 is 9.47 Å². The first-order chi connectivity index (χ1) is 22.7. The Kier molecular flexibility index (Phi) is 5.97. The minimum atomic E-state index is -0.265. The summed E-state index contributed by atoms with van der Waals surface area (Å²) in [5, 5.41) is 2.48. The summed E-state index contributed by atoms with van der Waals surface area (Å²) in [4.78, 5) is 2.40. The number of para-hydroxylation sites is 3. The van der Waals surface area contributed by atoms with Gasteiger partial charge in [0.25, 0.3) is 0 Å². The molecule has 46 heavy (non-hydrogen) atoms. The van der Waals surface area contributed by atoms with Crippen molar-refractivity contribution in [1.29, 1.82) is 0 Å². The van der Waals surface area contributed by atoms with Crippen LogP contribution in [0.25, 0.3) is 38.6 Å². The van der Waals surface area contributed by atoms with E-state index in [4.69, 9.17) is 0 Å². The molecule has 0 radical (unpaired) electrons. The molecule has 0 saturated heterocycles. The Morgan fingerprint density at radius 3 is 1.74 bits per heavy atom. The third kappa shape index (κ3) is 3.90. The quantitative estimate of drug-likeness (QED) is 0.194. The van der Waals surface area contributed by atoms with Crippen LogP contribution in [0.2, 0.25) is 0 Å². The number of nitrogens with zero attached hydrogens (tertiary/aromatic N) is 2. The van der Waals surface area contributed by atoms with Crippen LogP contribution in [0.5, 0.6) is 0 Å². The molecular weight excluding hydrogens is 556 g/mol. The van der Waals surface area contributed by atoms with Gasteiger partial charge in [0.15, 0.2) is 0 Å². The van der Waals surface area contributed by atoms with Crippen molar-refractivity contribution in [2.75, 3.05) is 4.90 Å². The second-order valence-electron chi connectivity index (χ2n) is 12.3. The molecule has 9 rings (SSSR count). The zero-order valence-electron chi connectivity index (χ0n) is 25.6.